The van der Waals surface area contributed by atoms with E-state index in [2.05, 4.69) is 48.5 Å². The lowest BCUT2D eigenvalue weighted by molar-refractivity contribution is 0.118. The fraction of sp³-hybridized carbons (Fsp3) is 0.611. The molecule has 0 aromatic heterocycles. The standard InChI is InChI=1S/C18H28N2O/c1-3-16(11-12-17-8-5-4-6-9-17)14-19-20-13-7-10-18(20)15-21-2/h4-6,8-9,14,16,18H,3,7,10-13,15H2,1-2H3/b19-14+/t16-,18-/m1/s1. The molecule has 1 heterocycles. The van der Waals surface area contributed by atoms with Crippen molar-refractivity contribution >= 4 is 6.21 Å². The van der Waals surface area contributed by atoms with Crippen molar-refractivity contribution in [1.82, 2.24) is 5.01 Å². The van der Waals surface area contributed by atoms with Gasteiger partial charge in [-0.15, -0.1) is 0 Å². The highest BCUT2D eigenvalue weighted by Crippen LogP contribution is 2.18. The lowest BCUT2D eigenvalue weighted by atomic mass is 9.98. The Morgan fingerprint density at radius 2 is 2.19 bits per heavy atom. The van der Waals surface area contributed by atoms with Crippen LogP contribution in [-0.2, 0) is 11.2 Å². The van der Waals surface area contributed by atoms with Gasteiger partial charge >= 0.3 is 0 Å². The Kier molecular flexibility index (Phi) is 6.74. The van der Waals surface area contributed by atoms with Crippen LogP contribution < -0.4 is 0 Å². The maximum Gasteiger partial charge on any atom is 0.0704 e. The van der Waals surface area contributed by atoms with Crippen LogP contribution in [0.4, 0.5) is 0 Å². The van der Waals surface area contributed by atoms with E-state index in [9.17, 15) is 0 Å². The van der Waals surface area contributed by atoms with Crippen molar-refractivity contribution in [1.29, 1.82) is 0 Å². The second kappa shape index (κ2) is 8.83. The first-order valence-electron chi connectivity index (χ1n) is 8.17. The molecule has 0 N–H and O–H groups in total. The van der Waals surface area contributed by atoms with Crippen LogP contribution in [0, 0.1) is 5.92 Å². The van der Waals surface area contributed by atoms with Crippen molar-refractivity contribution in [2.24, 2.45) is 11.0 Å². The van der Waals surface area contributed by atoms with Crippen LogP contribution in [0.1, 0.15) is 38.2 Å². The number of methoxy groups -OCH3 is 1. The van der Waals surface area contributed by atoms with Gasteiger partial charge in [-0.3, -0.25) is 5.01 Å². The van der Waals surface area contributed by atoms with Crippen LogP contribution in [0.15, 0.2) is 35.4 Å². The molecule has 1 aliphatic heterocycles. The molecule has 0 spiro atoms. The third kappa shape index (κ3) is 5.16. The average molecular weight is 288 g/mol. The van der Waals surface area contributed by atoms with E-state index >= 15 is 0 Å². The molecule has 21 heavy (non-hydrogen) atoms. The van der Waals surface area contributed by atoms with Crippen LogP contribution in [0.5, 0.6) is 0 Å². The summed E-state index contributed by atoms with van der Waals surface area (Å²) in [4.78, 5) is 0. The SMILES string of the molecule is CC[C@@H](/C=N/N1CCC[C@@H]1COC)CCc1ccccc1. The highest BCUT2D eigenvalue weighted by molar-refractivity contribution is 5.60. The maximum absolute atomic E-state index is 5.28. The van der Waals surface area contributed by atoms with Gasteiger partial charge in [0, 0.05) is 19.9 Å². The van der Waals surface area contributed by atoms with Gasteiger partial charge in [-0.05, 0) is 43.6 Å². The lowest BCUT2D eigenvalue weighted by Gasteiger charge is -2.21. The Balaban J connectivity index is 1.82. The highest BCUT2D eigenvalue weighted by Gasteiger charge is 2.22. The molecular weight excluding hydrogens is 260 g/mol. The van der Waals surface area contributed by atoms with Crippen LogP contribution in [0.3, 0.4) is 0 Å². The molecule has 0 saturated carbocycles. The van der Waals surface area contributed by atoms with E-state index in [1.165, 1.54) is 24.8 Å². The molecule has 116 valence electrons. The summed E-state index contributed by atoms with van der Waals surface area (Å²) in [7, 11) is 1.77. The topological polar surface area (TPSA) is 24.8 Å². The third-order valence-electron chi connectivity index (χ3n) is 4.30. The Morgan fingerprint density at radius 1 is 1.38 bits per heavy atom. The highest BCUT2D eigenvalue weighted by atomic mass is 16.5. The fourth-order valence-electron chi connectivity index (χ4n) is 2.89. The van der Waals surface area contributed by atoms with Gasteiger partial charge in [-0.2, -0.15) is 5.10 Å². The average Bonchev–Trinajstić information content (AvgIpc) is 2.96. The van der Waals surface area contributed by atoms with E-state index in [1.54, 1.807) is 7.11 Å². The molecule has 0 amide bonds. The van der Waals surface area contributed by atoms with Crippen LogP contribution >= 0.6 is 0 Å². The molecule has 0 aliphatic carbocycles. The van der Waals surface area contributed by atoms with Gasteiger partial charge < -0.3 is 4.74 Å². The second-order valence-corrected chi connectivity index (χ2v) is 5.87. The molecule has 1 aromatic carbocycles. The van der Waals surface area contributed by atoms with Crippen LogP contribution in [0.25, 0.3) is 0 Å². The van der Waals surface area contributed by atoms with Crippen molar-refractivity contribution in [3.05, 3.63) is 35.9 Å². The molecule has 3 nitrogen and oxygen atoms in total. The van der Waals surface area contributed by atoms with E-state index in [-0.39, 0.29) is 0 Å². The van der Waals surface area contributed by atoms with Gasteiger partial charge in [0.1, 0.15) is 0 Å². The van der Waals surface area contributed by atoms with Gasteiger partial charge in [0.25, 0.3) is 0 Å². The molecule has 1 aliphatic rings. The summed E-state index contributed by atoms with van der Waals surface area (Å²) in [5.41, 5.74) is 1.42. The summed E-state index contributed by atoms with van der Waals surface area (Å²) in [6.45, 7) is 4.11. The minimum atomic E-state index is 0.470. The first-order chi connectivity index (χ1) is 10.3. The van der Waals surface area contributed by atoms with Crippen LogP contribution in [0.2, 0.25) is 0 Å². The first kappa shape index (κ1) is 16.0. The molecule has 3 heteroatoms. The maximum atomic E-state index is 5.28. The molecule has 2 atom stereocenters. The molecule has 1 aromatic rings. The number of hydrogen-bond acceptors (Lipinski definition) is 3. The van der Waals surface area contributed by atoms with E-state index < -0.39 is 0 Å². The zero-order valence-electron chi connectivity index (χ0n) is 13.4. The number of hydrogen-bond donors (Lipinski definition) is 0. The number of benzene rings is 1. The van der Waals surface area contributed by atoms with Crippen LogP contribution in [-0.4, -0.2) is 37.5 Å². The summed E-state index contributed by atoms with van der Waals surface area (Å²) >= 11 is 0. The van der Waals surface area contributed by atoms with E-state index in [0.717, 1.165) is 26.0 Å². The van der Waals surface area contributed by atoms with Gasteiger partial charge in [0.05, 0.1) is 12.6 Å². The second-order valence-electron chi connectivity index (χ2n) is 5.87. The fourth-order valence-corrected chi connectivity index (χ4v) is 2.89. The van der Waals surface area contributed by atoms with Crippen molar-refractivity contribution in [2.45, 2.75) is 45.1 Å². The quantitative estimate of drug-likeness (QED) is 0.681. The summed E-state index contributed by atoms with van der Waals surface area (Å²) in [6, 6.07) is 11.2. The molecule has 0 radical (unpaired) electrons. The van der Waals surface area contributed by atoms with Gasteiger partial charge in [-0.25, -0.2) is 0 Å². The van der Waals surface area contributed by atoms with Gasteiger partial charge in [0.15, 0.2) is 0 Å². The summed E-state index contributed by atoms with van der Waals surface area (Å²) < 4.78 is 5.28. The number of hydrazone groups is 1. The van der Waals surface area contributed by atoms with Crippen molar-refractivity contribution in [3.63, 3.8) is 0 Å². The molecule has 0 unspecified atom stereocenters. The predicted octanol–water partition coefficient (Wildman–Crippen LogP) is 3.74. The summed E-state index contributed by atoms with van der Waals surface area (Å²) in [5, 5.41) is 6.95. The van der Waals surface area contributed by atoms with Crippen molar-refractivity contribution < 1.29 is 4.74 Å². The number of ether oxygens (including phenoxy) is 1. The lowest BCUT2D eigenvalue weighted by Crippen LogP contribution is -2.28. The van der Waals surface area contributed by atoms with Crippen molar-refractivity contribution in [3.8, 4) is 0 Å². The zero-order chi connectivity index (χ0) is 14.9. The van der Waals surface area contributed by atoms with E-state index in [1.807, 2.05) is 0 Å². The van der Waals surface area contributed by atoms with Gasteiger partial charge in [-0.1, -0.05) is 37.3 Å². The first-order valence-corrected chi connectivity index (χ1v) is 8.17. The molecule has 1 fully saturated rings. The van der Waals surface area contributed by atoms with E-state index in [0.29, 0.717) is 12.0 Å². The molecule has 2 rings (SSSR count). The third-order valence-corrected chi connectivity index (χ3v) is 4.30. The smallest absolute Gasteiger partial charge is 0.0704 e. The molecule has 1 saturated heterocycles. The Morgan fingerprint density at radius 3 is 2.90 bits per heavy atom. The number of rotatable bonds is 8. The minimum absolute atomic E-state index is 0.470. The van der Waals surface area contributed by atoms with E-state index in [4.69, 9.17) is 9.84 Å². The normalized spacial score (nSPS) is 20.3. The van der Waals surface area contributed by atoms with Gasteiger partial charge in [0.2, 0.25) is 0 Å². The monoisotopic (exact) mass is 288 g/mol. The minimum Gasteiger partial charge on any atom is -0.382 e. The predicted molar refractivity (Wildman–Crippen MR) is 88.6 cm³/mol. The Bertz CT molecular complexity index is 418. The number of aryl methyl sites for hydroxylation is 1. The Hall–Kier alpha value is -1.35. The van der Waals surface area contributed by atoms with Crippen molar-refractivity contribution in [2.75, 3.05) is 20.3 Å². The Labute approximate surface area is 129 Å². The number of nitrogens with zero attached hydrogens (tertiary/aromatic N) is 2. The summed E-state index contributed by atoms with van der Waals surface area (Å²) in [5.74, 6) is 0.564. The molecular formula is C18H28N2O. The largest absolute Gasteiger partial charge is 0.382 e. The zero-order valence-corrected chi connectivity index (χ0v) is 13.4. The summed E-state index contributed by atoms with van der Waals surface area (Å²) in [6.07, 6.45) is 8.05. The molecule has 0 bridgehead atoms.